The van der Waals surface area contributed by atoms with Gasteiger partial charge in [-0.25, -0.2) is 9.59 Å². The molecule has 3 heterocycles. The number of nitrogens with zero attached hydrogens (tertiary/aromatic N) is 1. The SMILES string of the molecule is CC(CCOCCCNC(O)CCCCC1SCC2NC(=O)NC21)C(=O)ON1C(=O)CCC1=O. The van der Waals surface area contributed by atoms with Crippen LogP contribution >= 0.6 is 11.8 Å². The Labute approximate surface area is 204 Å². The number of aliphatic hydroxyl groups excluding tert-OH is 1. The van der Waals surface area contributed by atoms with Crippen LogP contribution in [0.1, 0.15) is 58.3 Å². The van der Waals surface area contributed by atoms with E-state index in [2.05, 4.69) is 16.0 Å². The first kappa shape index (κ1) is 26.7. The fraction of sp³-hybridized carbons (Fsp3) is 0.818. The van der Waals surface area contributed by atoms with Gasteiger partial charge in [-0.2, -0.15) is 11.8 Å². The van der Waals surface area contributed by atoms with Crippen molar-refractivity contribution in [2.24, 2.45) is 5.92 Å². The summed E-state index contributed by atoms with van der Waals surface area (Å²) in [6, 6.07) is 0.418. The van der Waals surface area contributed by atoms with Crippen LogP contribution in [0.4, 0.5) is 4.79 Å². The number of nitrogens with one attached hydrogen (secondary N) is 3. The second-order valence-corrected chi connectivity index (χ2v) is 10.3. The molecule has 5 unspecified atom stereocenters. The summed E-state index contributed by atoms with van der Waals surface area (Å²) in [5.74, 6) is -1.12. The number of thioether (sulfide) groups is 1. The third kappa shape index (κ3) is 7.82. The highest BCUT2D eigenvalue weighted by molar-refractivity contribution is 8.00. The monoisotopic (exact) mass is 500 g/mol. The number of carbonyl (C=O) groups is 4. The topological polar surface area (TPSA) is 146 Å². The van der Waals surface area contributed by atoms with Gasteiger partial charge in [-0.1, -0.05) is 13.3 Å². The molecule has 0 radical (unpaired) electrons. The van der Waals surface area contributed by atoms with Crippen LogP contribution in [0.5, 0.6) is 0 Å². The number of amides is 4. The summed E-state index contributed by atoms with van der Waals surface area (Å²) >= 11 is 1.90. The fourth-order valence-electron chi connectivity index (χ4n) is 4.19. The highest BCUT2D eigenvalue weighted by atomic mass is 32.2. The Morgan fingerprint density at radius 3 is 2.68 bits per heavy atom. The number of unbranched alkanes of at least 4 members (excludes halogenated alkanes) is 1. The van der Waals surface area contributed by atoms with Crippen molar-refractivity contribution in [2.45, 2.75) is 81.9 Å². The first-order valence-corrected chi connectivity index (χ1v) is 13.2. The van der Waals surface area contributed by atoms with Gasteiger partial charge in [0.1, 0.15) is 6.23 Å². The molecule has 0 aliphatic carbocycles. The number of fused-ring (bicyclic) bond motifs is 1. The molecule has 3 saturated heterocycles. The Balaban J connectivity index is 1.13. The normalized spacial score (nSPS) is 25.8. The van der Waals surface area contributed by atoms with Crippen molar-refractivity contribution < 1.29 is 33.9 Å². The van der Waals surface area contributed by atoms with E-state index >= 15 is 0 Å². The second kappa shape index (κ2) is 13.3. The van der Waals surface area contributed by atoms with E-state index in [0.29, 0.717) is 42.9 Å². The molecule has 0 bridgehead atoms. The van der Waals surface area contributed by atoms with Gasteiger partial charge in [-0.3, -0.25) is 14.9 Å². The van der Waals surface area contributed by atoms with Crippen molar-refractivity contribution >= 4 is 35.6 Å². The summed E-state index contributed by atoms with van der Waals surface area (Å²) in [6.07, 6.45) is 4.39. The van der Waals surface area contributed by atoms with Gasteiger partial charge in [-0.15, -0.1) is 5.06 Å². The number of rotatable bonds is 15. The predicted octanol–water partition coefficient (Wildman–Crippen LogP) is 0.660. The van der Waals surface area contributed by atoms with Crippen LogP contribution < -0.4 is 16.0 Å². The summed E-state index contributed by atoms with van der Waals surface area (Å²) in [5, 5.41) is 20.1. The van der Waals surface area contributed by atoms with Crippen molar-refractivity contribution in [3.8, 4) is 0 Å². The van der Waals surface area contributed by atoms with Gasteiger partial charge < -0.3 is 25.3 Å². The maximum absolute atomic E-state index is 12.0. The lowest BCUT2D eigenvalue weighted by atomic mass is 10.0. The Morgan fingerprint density at radius 1 is 1.15 bits per heavy atom. The number of aliphatic hydroxyl groups is 1. The second-order valence-electron chi connectivity index (χ2n) is 9.02. The lowest BCUT2D eigenvalue weighted by Gasteiger charge is -2.17. The van der Waals surface area contributed by atoms with Crippen LogP contribution in [0, 0.1) is 5.92 Å². The zero-order chi connectivity index (χ0) is 24.5. The van der Waals surface area contributed by atoms with Gasteiger partial charge in [0.05, 0.1) is 18.0 Å². The molecule has 0 aromatic rings. The Bertz CT molecular complexity index is 724. The lowest BCUT2D eigenvalue weighted by molar-refractivity contribution is -0.200. The van der Waals surface area contributed by atoms with Crippen LogP contribution in [0.15, 0.2) is 0 Å². The Hall–Kier alpha value is -1.89. The van der Waals surface area contributed by atoms with Gasteiger partial charge in [0, 0.05) is 37.1 Å². The van der Waals surface area contributed by atoms with E-state index < -0.39 is 29.9 Å². The fourth-order valence-corrected chi connectivity index (χ4v) is 5.73. The average molecular weight is 501 g/mol. The molecule has 0 aromatic heterocycles. The van der Waals surface area contributed by atoms with E-state index in [9.17, 15) is 24.3 Å². The van der Waals surface area contributed by atoms with Gasteiger partial charge >= 0.3 is 12.0 Å². The van der Waals surface area contributed by atoms with E-state index in [1.807, 2.05) is 11.8 Å². The summed E-state index contributed by atoms with van der Waals surface area (Å²) < 4.78 is 5.53. The molecule has 3 rings (SSSR count). The molecular weight excluding hydrogens is 464 g/mol. The highest BCUT2D eigenvalue weighted by Crippen LogP contribution is 2.33. The van der Waals surface area contributed by atoms with Gasteiger partial charge in [0.2, 0.25) is 0 Å². The van der Waals surface area contributed by atoms with Crippen LogP contribution in [0.25, 0.3) is 0 Å². The van der Waals surface area contributed by atoms with E-state index in [0.717, 1.165) is 31.4 Å². The Morgan fingerprint density at radius 2 is 1.91 bits per heavy atom. The van der Waals surface area contributed by atoms with Crippen molar-refractivity contribution in [2.75, 3.05) is 25.5 Å². The van der Waals surface area contributed by atoms with Crippen molar-refractivity contribution in [3.63, 3.8) is 0 Å². The minimum absolute atomic E-state index is 0.0613. The van der Waals surface area contributed by atoms with Crippen molar-refractivity contribution in [1.29, 1.82) is 0 Å². The van der Waals surface area contributed by atoms with E-state index in [1.54, 1.807) is 6.92 Å². The zero-order valence-corrected chi connectivity index (χ0v) is 20.4. The summed E-state index contributed by atoms with van der Waals surface area (Å²) in [6.45, 7) is 3.14. The molecule has 3 aliphatic heterocycles. The molecule has 4 amide bonds. The Kier molecular flexibility index (Phi) is 10.4. The molecule has 4 N–H and O–H groups in total. The molecule has 11 nitrogen and oxygen atoms in total. The number of hydrogen-bond acceptors (Lipinski definition) is 9. The first-order chi connectivity index (χ1) is 16.3. The number of ether oxygens (including phenoxy) is 1. The quantitative estimate of drug-likeness (QED) is 0.110. The maximum Gasteiger partial charge on any atom is 0.336 e. The minimum Gasteiger partial charge on any atom is -0.381 e. The van der Waals surface area contributed by atoms with E-state index in [-0.39, 0.29) is 31.0 Å². The summed E-state index contributed by atoms with van der Waals surface area (Å²) in [5.41, 5.74) is 0. The predicted molar refractivity (Wildman–Crippen MR) is 124 cm³/mol. The largest absolute Gasteiger partial charge is 0.381 e. The third-order valence-electron chi connectivity index (χ3n) is 6.28. The van der Waals surface area contributed by atoms with Crippen molar-refractivity contribution in [3.05, 3.63) is 0 Å². The molecule has 34 heavy (non-hydrogen) atoms. The number of imide groups is 1. The highest BCUT2D eigenvalue weighted by Gasteiger charge is 2.42. The van der Waals surface area contributed by atoms with Crippen LogP contribution in [-0.2, 0) is 24.0 Å². The molecule has 3 fully saturated rings. The number of carbonyl (C=O) groups excluding carboxylic acids is 4. The van der Waals surface area contributed by atoms with E-state index in [4.69, 9.17) is 9.57 Å². The molecular formula is C22H36N4O7S. The van der Waals surface area contributed by atoms with Crippen LogP contribution in [0.2, 0.25) is 0 Å². The molecule has 3 aliphatic rings. The molecule has 5 atom stereocenters. The first-order valence-electron chi connectivity index (χ1n) is 12.1. The molecule has 0 saturated carbocycles. The standard InChI is InChI=1S/C22H36N4O7S/c1-14(21(30)33-26-18(28)7-8-19(26)29)9-12-32-11-4-10-23-17(27)6-3-2-5-16-20-15(13-34-16)24-22(31)25-20/h14-17,20,23,27H,2-13H2,1H3,(H2,24,25,31). The lowest BCUT2D eigenvalue weighted by Crippen LogP contribution is -2.36. The molecule has 0 spiro atoms. The number of hydroxylamine groups is 2. The van der Waals surface area contributed by atoms with E-state index in [1.165, 1.54) is 0 Å². The van der Waals surface area contributed by atoms with Gasteiger partial charge in [0.15, 0.2) is 0 Å². The third-order valence-corrected chi connectivity index (χ3v) is 7.79. The molecule has 12 heteroatoms. The molecule has 192 valence electrons. The molecule has 0 aromatic carbocycles. The zero-order valence-electron chi connectivity index (χ0n) is 19.6. The smallest absolute Gasteiger partial charge is 0.336 e. The van der Waals surface area contributed by atoms with Crippen LogP contribution in [0.3, 0.4) is 0 Å². The van der Waals surface area contributed by atoms with Gasteiger partial charge in [-0.05, 0) is 38.6 Å². The minimum atomic E-state index is -0.618. The maximum atomic E-state index is 12.0. The summed E-state index contributed by atoms with van der Waals surface area (Å²) in [4.78, 5) is 51.3. The summed E-state index contributed by atoms with van der Waals surface area (Å²) in [7, 11) is 0. The van der Waals surface area contributed by atoms with Gasteiger partial charge in [0.25, 0.3) is 11.8 Å². The average Bonchev–Trinajstić information content (AvgIpc) is 3.45. The number of hydrogen-bond donors (Lipinski definition) is 4. The van der Waals surface area contributed by atoms with Crippen molar-refractivity contribution in [1.82, 2.24) is 21.0 Å². The number of urea groups is 1. The van der Waals surface area contributed by atoms with Crippen LogP contribution in [-0.4, -0.2) is 83.1 Å².